The van der Waals surface area contributed by atoms with E-state index in [1.54, 1.807) is 0 Å². The first-order valence-corrected chi connectivity index (χ1v) is 6.90. The minimum Gasteiger partial charge on any atom is -0.351 e. The van der Waals surface area contributed by atoms with Crippen molar-refractivity contribution < 1.29 is 0 Å². The highest BCUT2D eigenvalue weighted by molar-refractivity contribution is 5.45. The highest BCUT2D eigenvalue weighted by Gasteiger charge is 2.51. The van der Waals surface area contributed by atoms with Gasteiger partial charge in [0.05, 0.1) is 0 Å². The van der Waals surface area contributed by atoms with Gasteiger partial charge in [0.25, 0.3) is 0 Å². The van der Waals surface area contributed by atoms with Crippen LogP contribution in [0.5, 0.6) is 0 Å². The molecule has 17 heavy (non-hydrogen) atoms. The smallest absolute Gasteiger partial charge is 0.128 e. The van der Waals surface area contributed by atoms with Gasteiger partial charge >= 0.3 is 0 Å². The molecule has 1 aromatic heterocycles. The highest BCUT2D eigenvalue weighted by Crippen LogP contribution is 2.52. The lowest BCUT2D eigenvalue weighted by Gasteiger charge is -2.53. The molecule has 2 nitrogen and oxygen atoms in total. The Labute approximate surface area is 104 Å². The molecular formula is C15H22N2. The monoisotopic (exact) mass is 230 g/mol. The molecule has 0 amide bonds. The van der Waals surface area contributed by atoms with Gasteiger partial charge in [0.2, 0.25) is 0 Å². The van der Waals surface area contributed by atoms with Crippen molar-refractivity contribution in [3.8, 4) is 0 Å². The zero-order chi connectivity index (χ0) is 11.9. The van der Waals surface area contributed by atoms with E-state index in [-0.39, 0.29) is 0 Å². The number of anilines is 1. The van der Waals surface area contributed by atoms with E-state index in [1.165, 1.54) is 38.0 Å². The van der Waals surface area contributed by atoms with Crippen molar-refractivity contribution in [3.63, 3.8) is 0 Å². The Balaban J connectivity index is 1.78. The van der Waals surface area contributed by atoms with Crippen molar-refractivity contribution in [1.82, 2.24) is 4.98 Å². The van der Waals surface area contributed by atoms with Gasteiger partial charge in [0.15, 0.2) is 0 Å². The van der Waals surface area contributed by atoms with Crippen molar-refractivity contribution in [3.05, 3.63) is 24.4 Å². The van der Waals surface area contributed by atoms with Crippen molar-refractivity contribution in [1.29, 1.82) is 0 Å². The van der Waals surface area contributed by atoms with E-state index in [0.717, 1.165) is 11.8 Å². The summed E-state index contributed by atoms with van der Waals surface area (Å²) in [5.41, 5.74) is 0.462. The maximum absolute atomic E-state index is 4.53. The summed E-state index contributed by atoms with van der Waals surface area (Å²) < 4.78 is 0. The SMILES string of the molecule is CC(C)C1CC2(CCCN2c2ccccn2)C1. The maximum Gasteiger partial charge on any atom is 0.128 e. The van der Waals surface area contributed by atoms with Crippen LogP contribution in [0.1, 0.15) is 39.5 Å². The molecule has 1 saturated carbocycles. The fourth-order valence-corrected chi connectivity index (χ4v) is 3.62. The number of hydrogen-bond donors (Lipinski definition) is 0. The third-order valence-corrected chi connectivity index (χ3v) is 4.75. The van der Waals surface area contributed by atoms with E-state index in [4.69, 9.17) is 0 Å². The molecule has 2 heteroatoms. The second kappa shape index (κ2) is 4.01. The second-order valence-electron chi connectivity index (χ2n) is 6.08. The Morgan fingerprint density at radius 2 is 2.18 bits per heavy atom. The molecule has 0 N–H and O–H groups in total. The molecule has 2 aliphatic rings. The Morgan fingerprint density at radius 3 is 2.82 bits per heavy atom. The first kappa shape index (κ1) is 11.1. The molecule has 1 aliphatic carbocycles. The van der Waals surface area contributed by atoms with Crippen LogP contribution in [0.4, 0.5) is 5.82 Å². The van der Waals surface area contributed by atoms with Crippen molar-refractivity contribution >= 4 is 5.82 Å². The molecule has 0 bridgehead atoms. The van der Waals surface area contributed by atoms with Crippen LogP contribution in [0, 0.1) is 11.8 Å². The largest absolute Gasteiger partial charge is 0.351 e. The van der Waals surface area contributed by atoms with Crippen LogP contribution in [0.3, 0.4) is 0 Å². The third-order valence-electron chi connectivity index (χ3n) is 4.75. The molecule has 0 aromatic carbocycles. The fraction of sp³-hybridized carbons (Fsp3) is 0.667. The van der Waals surface area contributed by atoms with Crippen LogP contribution >= 0.6 is 0 Å². The topological polar surface area (TPSA) is 16.1 Å². The van der Waals surface area contributed by atoms with Crippen LogP contribution in [0.2, 0.25) is 0 Å². The summed E-state index contributed by atoms with van der Waals surface area (Å²) in [7, 11) is 0. The second-order valence-corrected chi connectivity index (χ2v) is 6.08. The molecule has 3 rings (SSSR count). The molecule has 92 valence electrons. The van der Waals surface area contributed by atoms with Gasteiger partial charge in [-0.3, -0.25) is 0 Å². The number of aromatic nitrogens is 1. The first-order valence-electron chi connectivity index (χ1n) is 6.90. The van der Waals surface area contributed by atoms with Crippen molar-refractivity contribution in [2.75, 3.05) is 11.4 Å². The summed E-state index contributed by atoms with van der Waals surface area (Å²) in [6, 6.07) is 6.27. The summed E-state index contributed by atoms with van der Waals surface area (Å²) in [6.07, 6.45) is 7.37. The van der Waals surface area contributed by atoms with Gasteiger partial charge in [-0.2, -0.15) is 0 Å². The summed E-state index contributed by atoms with van der Waals surface area (Å²) in [6.45, 7) is 5.91. The van der Waals surface area contributed by atoms with Crippen LogP contribution in [-0.4, -0.2) is 17.1 Å². The van der Waals surface area contributed by atoms with Gasteiger partial charge in [-0.05, 0) is 49.7 Å². The lowest BCUT2D eigenvalue weighted by molar-refractivity contribution is 0.108. The minimum absolute atomic E-state index is 0.462. The predicted octanol–water partition coefficient (Wildman–Crippen LogP) is 3.49. The van der Waals surface area contributed by atoms with Gasteiger partial charge in [-0.25, -0.2) is 4.98 Å². The van der Waals surface area contributed by atoms with Gasteiger partial charge in [0, 0.05) is 18.3 Å². The van der Waals surface area contributed by atoms with Crippen LogP contribution < -0.4 is 4.90 Å². The molecule has 2 heterocycles. The molecule has 1 saturated heterocycles. The van der Waals surface area contributed by atoms with E-state index < -0.39 is 0 Å². The average molecular weight is 230 g/mol. The Morgan fingerprint density at radius 1 is 1.35 bits per heavy atom. The zero-order valence-electron chi connectivity index (χ0n) is 10.9. The van der Waals surface area contributed by atoms with E-state index >= 15 is 0 Å². The predicted molar refractivity (Wildman–Crippen MR) is 71.1 cm³/mol. The molecule has 0 unspecified atom stereocenters. The van der Waals surface area contributed by atoms with Crippen LogP contribution in [-0.2, 0) is 0 Å². The number of rotatable bonds is 2. The zero-order valence-corrected chi connectivity index (χ0v) is 10.9. The summed E-state index contributed by atoms with van der Waals surface area (Å²) >= 11 is 0. The number of hydrogen-bond acceptors (Lipinski definition) is 2. The van der Waals surface area contributed by atoms with Gasteiger partial charge in [-0.1, -0.05) is 19.9 Å². The molecule has 1 aromatic rings. The lowest BCUT2D eigenvalue weighted by atomic mass is 9.63. The number of nitrogens with zero attached hydrogens (tertiary/aromatic N) is 2. The summed E-state index contributed by atoms with van der Waals surface area (Å²) in [5, 5.41) is 0. The quantitative estimate of drug-likeness (QED) is 0.773. The molecule has 0 atom stereocenters. The molecule has 1 aliphatic heterocycles. The van der Waals surface area contributed by atoms with Crippen molar-refractivity contribution in [2.45, 2.75) is 45.1 Å². The van der Waals surface area contributed by atoms with Crippen molar-refractivity contribution in [2.24, 2.45) is 11.8 Å². The van der Waals surface area contributed by atoms with Gasteiger partial charge in [-0.15, -0.1) is 0 Å². The van der Waals surface area contributed by atoms with Gasteiger partial charge < -0.3 is 4.90 Å². The molecule has 0 radical (unpaired) electrons. The number of pyridine rings is 1. The van der Waals surface area contributed by atoms with Crippen LogP contribution in [0.25, 0.3) is 0 Å². The van der Waals surface area contributed by atoms with E-state index in [2.05, 4.69) is 35.9 Å². The summed E-state index contributed by atoms with van der Waals surface area (Å²) in [4.78, 5) is 7.11. The maximum atomic E-state index is 4.53. The molecule has 1 spiro atoms. The first-order chi connectivity index (χ1) is 8.21. The Kier molecular flexibility index (Phi) is 2.61. The standard InChI is InChI=1S/C15H22N2/c1-12(2)13-10-15(11-13)7-5-9-17(15)14-6-3-4-8-16-14/h3-4,6,8,12-13H,5,7,9-11H2,1-2H3. The minimum atomic E-state index is 0.462. The summed E-state index contributed by atoms with van der Waals surface area (Å²) in [5.74, 6) is 2.96. The third kappa shape index (κ3) is 1.74. The van der Waals surface area contributed by atoms with Crippen LogP contribution in [0.15, 0.2) is 24.4 Å². The average Bonchev–Trinajstić information content (AvgIpc) is 2.72. The normalized spacial score (nSPS) is 32.2. The van der Waals surface area contributed by atoms with Gasteiger partial charge in [0.1, 0.15) is 5.82 Å². The van der Waals surface area contributed by atoms with E-state index in [0.29, 0.717) is 5.54 Å². The Bertz CT molecular complexity index is 379. The lowest BCUT2D eigenvalue weighted by Crippen LogP contribution is -2.55. The fourth-order valence-electron chi connectivity index (χ4n) is 3.62. The van der Waals surface area contributed by atoms with E-state index in [1.807, 2.05) is 12.3 Å². The molecular weight excluding hydrogens is 208 g/mol. The highest BCUT2D eigenvalue weighted by atomic mass is 15.3. The Hall–Kier alpha value is -1.05. The molecule has 2 fully saturated rings. The van der Waals surface area contributed by atoms with E-state index in [9.17, 15) is 0 Å².